The number of rotatable bonds is 3. The van der Waals surface area contributed by atoms with Gasteiger partial charge in [0.2, 0.25) is 0 Å². The smallest absolute Gasteiger partial charge is 0.354 e. The third-order valence-electron chi connectivity index (χ3n) is 1.74. The third-order valence-corrected chi connectivity index (χ3v) is 1.74. The number of carbonyl (C=O) groups is 1. The number of nitrogens with zero attached hydrogens (tertiary/aromatic N) is 4. The van der Waals surface area contributed by atoms with E-state index in [1.807, 2.05) is 0 Å². The van der Waals surface area contributed by atoms with E-state index in [-0.39, 0.29) is 11.7 Å². The minimum absolute atomic E-state index is 0.0205. The van der Waals surface area contributed by atoms with Crippen LogP contribution >= 0.6 is 0 Å². The summed E-state index contributed by atoms with van der Waals surface area (Å²) < 4.78 is 6.77. The van der Waals surface area contributed by atoms with E-state index in [1.165, 1.54) is 18.5 Å². The summed E-state index contributed by atoms with van der Waals surface area (Å²) in [7, 11) is 1.74. The van der Waals surface area contributed by atoms with Crippen LogP contribution in [0.15, 0.2) is 24.7 Å². The molecule has 7 nitrogen and oxygen atoms in total. The van der Waals surface area contributed by atoms with Crippen molar-refractivity contribution in [2.45, 2.75) is 0 Å². The van der Waals surface area contributed by atoms with Gasteiger partial charge in [-0.25, -0.2) is 9.78 Å². The fourth-order valence-corrected chi connectivity index (χ4v) is 1.07. The van der Waals surface area contributed by atoms with Gasteiger partial charge in [0.15, 0.2) is 11.4 Å². The summed E-state index contributed by atoms with van der Waals surface area (Å²) in [4.78, 5) is 18.1. The van der Waals surface area contributed by atoms with Crippen LogP contribution in [0.2, 0.25) is 0 Å². The van der Waals surface area contributed by atoms with E-state index in [0.29, 0.717) is 5.75 Å². The van der Waals surface area contributed by atoms with Crippen molar-refractivity contribution in [3.63, 3.8) is 0 Å². The van der Waals surface area contributed by atoms with Crippen LogP contribution < -0.4 is 4.74 Å². The minimum Gasteiger partial charge on any atom is -0.477 e. The van der Waals surface area contributed by atoms with Gasteiger partial charge < -0.3 is 9.84 Å². The standard InChI is InChI=1S/C9H8N4O3/c1-13-5-6(4-11-13)16-9-10-3-2-7(12-9)8(14)15/h2-5H,1H3,(H,14,15). The van der Waals surface area contributed by atoms with Crippen LogP contribution in [0, 0.1) is 0 Å². The van der Waals surface area contributed by atoms with E-state index in [1.54, 1.807) is 17.9 Å². The van der Waals surface area contributed by atoms with Crippen LogP contribution in [0.25, 0.3) is 0 Å². The van der Waals surface area contributed by atoms with Crippen molar-refractivity contribution in [2.75, 3.05) is 0 Å². The van der Waals surface area contributed by atoms with Gasteiger partial charge in [-0.3, -0.25) is 4.68 Å². The molecule has 0 radical (unpaired) electrons. The summed E-state index contributed by atoms with van der Waals surface area (Å²) in [6, 6.07) is 1.27. The topological polar surface area (TPSA) is 90.1 Å². The Hall–Kier alpha value is -2.44. The van der Waals surface area contributed by atoms with Gasteiger partial charge in [0.1, 0.15) is 0 Å². The van der Waals surface area contributed by atoms with Crippen LogP contribution in [0.1, 0.15) is 10.5 Å². The van der Waals surface area contributed by atoms with E-state index in [2.05, 4.69) is 15.1 Å². The first kappa shape index (κ1) is 10.1. The van der Waals surface area contributed by atoms with Crippen molar-refractivity contribution in [2.24, 2.45) is 7.05 Å². The van der Waals surface area contributed by atoms with Gasteiger partial charge in [-0.1, -0.05) is 0 Å². The average Bonchev–Trinajstić information content (AvgIpc) is 2.64. The molecular formula is C9H8N4O3. The first-order chi connectivity index (χ1) is 7.65. The van der Waals surface area contributed by atoms with Gasteiger partial charge in [0.05, 0.1) is 12.4 Å². The second-order valence-corrected chi connectivity index (χ2v) is 2.98. The highest BCUT2D eigenvalue weighted by Crippen LogP contribution is 2.15. The minimum atomic E-state index is -1.13. The van der Waals surface area contributed by atoms with Gasteiger partial charge in [-0.05, 0) is 6.07 Å². The molecule has 2 aromatic rings. The number of carboxylic acids is 1. The lowest BCUT2D eigenvalue weighted by molar-refractivity contribution is 0.0689. The summed E-state index contributed by atoms with van der Waals surface area (Å²) in [5.74, 6) is -0.677. The normalized spacial score (nSPS) is 10.1. The number of carboxylic acid groups (broad SMARTS) is 1. The molecule has 2 aromatic heterocycles. The Balaban J connectivity index is 2.21. The molecule has 82 valence electrons. The van der Waals surface area contributed by atoms with Crippen molar-refractivity contribution in [1.29, 1.82) is 0 Å². The number of aromatic nitrogens is 4. The molecule has 1 N–H and O–H groups in total. The van der Waals surface area contributed by atoms with Gasteiger partial charge >= 0.3 is 12.0 Å². The quantitative estimate of drug-likeness (QED) is 0.818. The molecule has 2 heterocycles. The summed E-state index contributed by atoms with van der Waals surface area (Å²) >= 11 is 0. The Morgan fingerprint density at radius 1 is 1.56 bits per heavy atom. The third kappa shape index (κ3) is 2.14. The second-order valence-electron chi connectivity index (χ2n) is 2.98. The van der Waals surface area contributed by atoms with E-state index in [4.69, 9.17) is 9.84 Å². The van der Waals surface area contributed by atoms with E-state index >= 15 is 0 Å². The zero-order valence-corrected chi connectivity index (χ0v) is 8.36. The molecule has 0 amide bonds. The molecule has 0 aliphatic rings. The molecule has 0 saturated heterocycles. The lowest BCUT2D eigenvalue weighted by atomic mass is 10.4. The highest BCUT2D eigenvalue weighted by atomic mass is 16.5. The molecule has 0 fully saturated rings. The number of aromatic carboxylic acids is 1. The fourth-order valence-electron chi connectivity index (χ4n) is 1.07. The van der Waals surface area contributed by atoms with E-state index in [0.717, 1.165) is 0 Å². The number of ether oxygens (including phenoxy) is 1. The summed E-state index contributed by atoms with van der Waals surface area (Å²) in [6.07, 6.45) is 4.43. The van der Waals surface area contributed by atoms with Crippen LogP contribution in [0.4, 0.5) is 0 Å². The molecule has 0 aromatic carbocycles. The van der Waals surface area contributed by atoms with Crippen molar-refractivity contribution in [1.82, 2.24) is 19.7 Å². The Labute approximate surface area is 90.3 Å². The van der Waals surface area contributed by atoms with Crippen LogP contribution in [-0.4, -0.2) is 30.8 Å². The maximum atomic E-state index is 10.6. The molecule has 0 spiro atoms. The zero-order valence-electron chi connectivity index (χ0n) is 8.36. The van der Waals surface area contributed by atoms with Crippen molar-refractivity contribution < 1.29 is 14.6 Å². The van der Waals surface area contributed by atoms with E-state index in [9.17, 15) is 4.79 Å². The first-order valence-electron chi connectivity index (χ1n) is 4.38. The van der Waals surface area contributed by atoms with Crippen molar-refractivity contribution in [3.05, 3.63) is 30.4 Å². The van der Waals surface area contributed by atoms with Gasteiger partial charge in [0, 0.05) is 13.2 Å². The Kier molecular flexibility index (Phi) is 2.50. The summed E-state index contributed by atoms with van der Waals surface area (Å²) in [5, 5.41) is 12.6. The maximum Gasteiger partial charge on any atom is 0.354 e. The zero-order chi connectivity index (χ0) is 11.5. The number of aryl methyl sites for hydroxylation is 1. The lowest BCUT2D eigenvalue weighted by Crippen LogP contribution is -2.02. The Morgan fingerprint density at radius 2 is 2.38 bits per heavy atom. The number of hydrogen-bond donors (Lipinski definition) is 1. The van der Waals surface area contributed by atoms with Gasteiger partial charge in [-0.2, -0.15) is 10.1 Å². The molecule has 0 aliphatic carbocycles. The number of hydrogen-bond acceptors (Lipinski definition) is 5. The Bertz CT molecular complexity index is 523. The predicted molar refractivity (Wildman–Crippen MR) is 52.3 cm³/mol. The molecule has 0 unspecified atom stereocenters. The molecule has 16 heavy (non-hydrogen) atoms. The maximum absolute atomic E-state index is 10.6. The van der Waals surface area contributed by atoms with Crippen LogP contribution in [0.3, 0.4) is 0 Å². The molecule has 2 rings (SSSR count). The molecule has 0 aliphatic heterocycles. The predicted octanol–water partition coefficient (Wildman–Crippen LogP) is 0.701. The molecule has 7 heteroatoms. The van der Waals surface area contributed by atoms with Crippen molar-refractivity contribution in [3.8, 4) is 11.8 Å². The van der Waals surface area contributed by atoms with E-state index < -0.39 is 5.97 Å². The highest BCUT2D eigenvalue weighted by molar-refractivity contribution is 5.85. The van der Waals surface area contributed by atoms with Gasteiger partial charge in [-0.15, -0.1) is 0 Å². The average molecular weight is 220 g/mol. The summed E-state index contributed by atoms with van der Waals surface area (Å²) in [6.45, 7) is 0. The van der Waals surface area contributed by atoms with Gasteiger partial charge in [0.25, 0.3) is 0 Å². The summed E-state index contributed by atoms with van der Waals surface area (Å²) in [5.41, 5.74) is -0.117. The molecule has 0 atom stereocenters. The molecular weight excluding hydrogens is 212 g/mol. The van der Waals surface area contributed by atoms with Crippen LogP contribution in [-0.2, 0) is 7.05 Å². The Morgan fingerprint density at radius 3 is 3.00 bits per heavy atom. The monoisotopic (exact) mass is 220 g/mol. The molecule has 0 bridgehead atoms. The highest BCUT2D eigenvalue weighted by Gasteiger charge is 2.08. The fraction of sp³-hybridized carbons (Fsp3) is 0.111. The SMILES string of the molecule is Cn1cc(Oc2nccc(C(=O)O)n2)cn1. The van der Waals surface area contributed by atoms with Crippen LogP contribution in [0.5, 0.6) is 11.8 Å². The second kappa shape index (κ2) is 3.97. The lowest BCUT2D eigenvalue weighted by Gasteiger charge is -2.00. The van der Waals surface area contributed by atoms with Crippen molar-refractivity contribution >= 4 is 5.97 Å². The molecule has 0 saturated carbocycles. The first-order valence-corrected chi connectivity index (χ1v) is 4.38. The largest absolute Gasteiger partial charge is 0.477 e.